The van der Waals surface area contributed by atoms with Gasteiger partial charge < -0.3 is 24.2 Å². The fourth-order valence-corrected chi connectivity index (χ4v) is 5.70. The highest BCUT2D eigenvalue weighted by molar-refractivity contribution is 6.03. The molecular weight excluding hydrogens is 688 g/mol. The fraction of sp³-hybridized carbons (Fsp3) is 0.136. The van der Waals surface area contributed by atoms with Gasteiger partial charge in [-0.05, 0) is 114 Å². The molecule has 0 bridgehead atoms. The van der Waals surface area contributed by atoms with Gasteiger partial charge in [0.15, 0.2) is 5.75 Å². The van der Waals surface area contributed by atoms with Gasteiger partial charge in [0, 0.05) is 5.41 Å². The van der Waals surface area contributed by atoms with Crippen LogP contribution in [-0.2, 0) is 28.4 Å². The number of carboxylic acids is 1. The van der Waals surface area contributed by atoms with Crippen molar-refractivity contribution in [1.82, 2.24) is 0 Å². The summed E-state index contributed by atoms with van der Waals surface area (Å²) in [6, 6.07) is 41.4. The SMILES string of the molecule is Cc1ccc(C(=O)Oc2ccc(Oc3ccc(C(C)(C)c4ccc(Oc5ccc(OOCc6ccccc6COO)cc5)cc4)cc3)cc2)c(C(=O)O)c1. The van der Waals surface area contributed by atoms with E-state index in [9.17, 15) is 14.7 Å². The lowest BCUT2D eigenvalue weighted by molar-refractivity contribution is -0.253. The number of hydrogen-bond acceptors (Lipinski definition) is 9. The van der Waals surface area contributed by atoms with Crippen LogP contribution in [0.3, 0.4) is 0 Å². The molecule has 2 N–H and O–H groups in total. The quantitative estimate of drug-likeness (QED) is 0.0456. The Hall–Kier alpha value is -6.46. The number of ether oxygens (including phenoxy) is 3. The van der Waals surface area contributed by atoms with Crippen molar-refractivity contribution < 1.29 is 48.8 Å². The molecule has 0 amide bonds. The van der Waals surface area contributed by atoms with Gasteiger partial charge in [0.05, 0.1) is 11.1 Å². The molecule has 0 unspecified atom stereocenters. The van der Waals surface area contributed by atoms with Gasteiger partial charge in [0.25, 0.3) is 0 Å². The molecule has 6 rings (SSSR count). The second-order valence-electron chi connectivity index (χ2n) is 13.0. The molecular formula is C44H38O10. The van der Waals surface area contributed by atoms with Crippen LogP contribution in [0.25, 0.3) is 0 Å². The highest BCUT2D eigenvalue weighted by atomic mass is 17.2. The molecule has 0 aliphatic carbocycles. The summed E-state index contributed by atoms with van der Waals surface area (Å²) in [5.74, 6) is 1.33. The average molecular weight is 727 g/mol. The smallest absolute Gasteiger partial charge is 0.344 e. The molecule has 0 aliphatic heterocycles. The van der Waals surface area contributed by atoms with Gasteiger partial charge >= 0.3 is 11.9 Å². The minimum Gasteiger partial charge on any atom is -0.478 e. The molecule has 0 heterocycles. The average Bonchev–Trinajstić information content (AvgIpc) is 3.17. The van der Waals surface area contributed by atoms with Crippen molar-refractivity contribution in [2.24, 2.45) is 0 Å². The van der Waals surface area contributed by atoms with Crippen molar-refractivity contribution in [3.8, 4) is 34.5 Å². The van der Waals surface area contributed by atoms with Crippen LogP contribution < -0.4 is 19.1 Å². The second kappa shape index (κ2) is 16.9. The third-order valence-electron chi connectivity index (χ3n) is 8.81. The van der Waals surface area contributed by atoms with Crippen LogP contribution in [0.15, 0.2) is 140 Å². The number of benzene rings is 6. The van der Waals surface area contributed by atoms with Gasteiger partial charge in [0.1, 0.15) is 42.0 Å². The van der Waals surface area contributed by atoms with E-state index >= 15 is 0 Å². The zero-order valence-electron chi connectivity index (χ0n) is 29.9. The molecule has 10 heteroatoms. The number of carboxylic acid groups (broad SMARTS) is 1. The Morgan fingerprint density at radius 1 is 0.574 bits per heavy atom. The Kier molecular flexibility index (Phi) is 11.7. The molecule has 0 radical (unpaired) electrons. The first-order valence-corrected chi connectivity index (χ1v) is 17.0. The number of esters is 1. The van der Waals surface area contributed by atoms with Crippen LogP contribution >= 0.6 is 0 Å². The zero-order valence-corrected chi connectivity index (χ0v) is 29.9. The summed E-state index contributed by atoms with van der Waals surface area (Å²) in [7, 11) is 0. The van der Waals surface area contributed by atoms with Crippen molar-refractivity contribution in [2.45, 2.75) is 39.4 Å². The van der Waals surface area contributed by atoms with Gasteiger partial charge in [-0.1, -0.05) is 74.0 Å². The van der Waals surface area contributed by atoms with E-state index in [1.54, 1.807) is 61.5 Å². The van der Waals surface area contributed by atoms with Crippen LogP contribution in [0, 0.1) is 6.92 Å². The Morgan fingerprint density at radius 3 is 1.54 bits per heavy atom. The van der Waals surface area contributed by atoms with Gasteiger partial charge in [-0.25, -0.2) is 14.5 Å². The van der Waals surface area contributed by atoms with Crippen molar-refractivity contribution in [3.05, 3.63) is 178 Å². The van der Waals surface area contributed by atoms with Crippen LogP contribution in [-0.4, -0.2) is 22.3 Å². The minimum atomic E-state index is -1.20. The lowest BCUT2D eigenvalue weighted by atomic mass is 9.78. The monoisotopic (exact) mass is 726 g/mol. The molecule has 0 aromatic heterocycles. The highest BCUT2D eigenvalue weighted by Gasteiger charge is 2.23. The molecule has 0 aliphatic rings. The fourth-order valence-electron chi connectivity index (χ4n) is 5.70. The van der Waals surface area contributed by atoms with E-state index in [1.807, 2.05) is 72.8 Å². The first kappa shape index (κ1) is 37.3. The Balaban J connectivity index is 1.00. The minimum absolute atomic E-state index is 0.0208. The predicted octanol–water partition coefficient (Wildman–Crippen LogP) is 10.3. The van der Waals surface area contributed by atoms with Crippen LogP contribution in [0.4, 0.5) is 0 Å². The molecule has 0 saturated carbocycles. The number of hydrogen-bond donors (Lipinski definition) is 2. The zero-order chi connectivity index (χ0) is 38.1. The third-order valence-corrected chi connectivity index (χ3v) is 8.81. The lowest BCUT2D eigenvalue weighted by Gasteiger charge is -2.26. The molecule has 0 saturated heterocycles. The van der Waals surface area contributed by atoms with Crippen molar-refractivity contribution in [1.29, 1.82) is 0 Å². The molecule has 6 aromatic rings. The van der Waals surface area contributed by atoms with Gasteiger partial charge in [-0.3, -0.25) is 5.26 Å². The molecule has 0 fully saturated rings. The third kappa shape index (κ3) is 9.30. The summed E-state index contributed by atoms with van der Waals surface area (Å²) in [6.07, 6.45) is 0. The van der Waals surface area contributed by atoms with Gasteiger partial charge in [-0.2, -0.15) is 4.89 Å². The number of rotatable bonds is 15. The van der Waals surface area contributed by atoms with Gasteiger partial charge in [0.2, 0.25) is 0 Å². The topological polar surface area (TPSA) is 130 Å². The largest absolute Gasteiger partial charge is 0.478 e. The van der Waals surface area contributed by atoms with Crippen molar-refractivity contribution in [2.75, 3.05) is 0 Å². The molecule has 6 aromatic carbocycles. The second-order valence-corrected chi connectivity index (χ2v) is 13.0. The normalized spacial score (nSPS) is 11.1. The van der Waals surface area contributed by atoms with Crippen molar-refractivity contribution >= 4 is 11.9 Å². The van der Waals surface area contributed by atoms with Crippen LogP contribution in [0.2, 0.25) is 0 Å². The Labute approximate surface area is 312 Å². The van der Waals surface area contributed by atoms with Gasteiger partial charge in [-0.15, -0.1) is 0 Å². The Bertz CT molecular complexity index is 2190. The standard InChI is InChI=1S/C44H38O10/c1-29-8-25-40(41(26-29)42(45)46)43(47)53-38-19-17-36(18-20-38)51-34-13-9-32(10-14-34)44(2,3)33-11-15-35(16-12-33)52-37-21-23-39(24-22-37)54-50-28-31-7-5-4-6-30(31)27-49-48/h4-26,48H,27-28H2,1-3H3,(H,45,46). The summed E-state index contributed by atoms with van der Waals surface area (Å²) in [6.45, 7) is 6.30. The molecule has 0 atom stereocenters. The number of aryl methyl sites for hydroxylation is 1. The molecule has 10 nitrogen and oxygen atoms in total. The van der Waals surface area contributed by atoms with E-state index in [-0.39, 0.29) is 35.5 Å². The number of carbonyl (C=O) groups is 2. The predicted molar refractivity (Wildman–Crippen MR) is 200 cm³/mol. The van der Waals surface area contributed by atoms with E-state index in [0.29, 0.717) is 28.7 Å². The summed E-state index contributed by atoms with van der Waals surface area (Å²) in [5, 5.41) is 18.2. The number of carbonyl (C=O) groups excluding carboxylic acids is 1. The summed E-state index contributed by atoms with van der Waals surface area (Å²) >= 11 is 0. The van der Waals surface area contributed by atoms with E-state index < -0.39 is 11.9 Å². The first-order valence-electron chi connectivity index (χ1n) is 17.0. The summed E-state index contributed by atoms with van der Waals surface area (Å²) in [4.78, 5) is 39.3. The first-order chi connectivity index (χ1) is 26.1. The Morgan fingerprint density at radius 2 is 1.04 bits per heavy atom. The summed E-state index contributed by atoms with van der Waals surface area (Å²) < 4.78 is 17.5. The van der Waals surface area contributed by atoms with Crippen LogP contribution in [0.1, 0.15) is 62.4 Å². The van der Waals surface area contributed by atoms with E-state index in [1.165, 1.54) is 12.1 Å². The lowest BCUT2D eigenvalue weighted by Crippen LogP contribution is -2.18. The molecule has 0 spiro atoms. The van der Waals surface area contributed by atoms with E-state index in [2.05, 4.69) is 18.7 Å². The highest BCUT2D eigenvalue weighted by Crippen LogP contribution is 2.35. The molecule has 54 heavy (non-hydrogen) atoms. The molecule has 274 valence electrons. The number of aromatic carboxylic acids is 1. The maximum Gasteiger partial charge on any atom is 0.344 e. The van der Waals surface area contributed by atoms with E-state index in [0.717, 1.165) is 27.8 Å². The maximum absolute atomic E-state index is 12.7. The summed E-state index contributed by atoms with van der Waals surface area (Å²) in [5.41, 5.74) is 4.11. The van der Waals surface area contributed by atoms with Crippen molar-refractivity contribution in [3.63, 3.8) is 0 Å². The van der Waals surface area contributed by atoms with Crippen LogP contribution in [0.5, 0.6) is 34.5 Å². The van der Waals surface area contributed by atoms with E-state index in [4.69, 9.17) is 29.2 Å². The maximum atomic E-state index is 12.7.